The molecule has 27 heavy (non-hydrogen) atoms. The van der Waals surface area contributed by atoms with E-state index in [-0.39, 0.29) is 11.5 Å². The average molecular weight is 402 g/mol. The Balaban J connectivity index is 1.63. The normalized spacial score (nSPS) is 10.7. The van der Waals surface area contributed by atoms with E-state index in [4.69, 9.17) is 4.74 Å². The van der Waals surface area contributed by atoms with E-state index in [1.165, 1.54) is 30.2 Å². The van der Waals surface area contributed by atoms with Gasteiger partial charge in [-0.3, -0.25) is 9.36 Å². The van der Waals surface area contributed by atoms with Crippen LogP contribution in [0.5, 0.6) is 5.75 Å². The molecular weight excluding hydrogens is 384 g/mol. The summed E-state index contributed by atoms with van der Waals surface area (Å²) in [5.41, 5.74) is 0.420. The number of hydrogen-bond acceptors (Lipinski definition) is 7. The van der Waals surface area contributed by atoms with Gasteiger partial charge in [-0.15, -0.1) is 17.9 Å². The number of allylic oxidation sites excluding steroid dienone is 1. The minimum Gasteiger partial charge on any atom is -0.493 e. The van der Waals surface area contributed by atoms with Crippen molar-refractivity contribution in [2.45, 2.75) is 11.7 Å². The Bertz CT molecular complexity index is 1010. The molecule has 0 atom stereocenters. The van der Waals surface area contributed by atoms with Crippen LogP contribution in [0.2, 0.25) is 0 Å². The summed E-state index contributed by atoms with van der Waals surface area (Å²) >= 11 is 2.91. The van der Waals surface area contributed by atoms with E-state index in [2.05, 4.69) is 16.3 Å². The summed E-state index contributed by atoms with van der Waals surface area (Å²) in [5.74, 6) is 0.903. The number of carbonyl (C=O) groups is 1. The number of nitrogens with zero attached hydrogens (tertiary/aromatic N) is 2. The number of carbonyl (C=O) groups excluding carboxylic acids is 1. The van der Waals surface area contributed by atoms with Crippen LogP contribution in [0, 0.1) is 0 Å². The molecular formula is C19H18N2O4S2. The van der Waals surface area contributed by atoms with Crippen molar-refractivity contribution in [3.05, 3.63) is 64.3 Å². The van der Waals surface area contributed by atoms with Crippen LogP contribution in [0.15, 0.2) is 58.3 Å². The van der Waals surface area contributed by atoms with Gasteiger partial charge in [-0.1, -0.05) is 17.8 Å². The van der Waals surface area contributed by atoms with E-state index in [0.717, 1.165) is 4.83 Å². The highest BCUT2D eigenvalue weighted by atomic mass is 32.2. The van der Waals surface area contributed by atoms with Gasteiger partial charge in [0.15, 0.2) is 5.16 Å². The van der Waals surface area contributed by atoms with Gasteiger partial charge < -0.3 is 9.47 Å². The molecule has 0 aliphatic heterocycles. The molecule has 0 saturated carbocycles. The number of hydrogen-bond donors (Lipinski definition) is 0. The van der Waals surface area contributed by atoms with Crippen molar-refractivity contribution in [2.75, 3.05) is 19.5 Å². The van der Waals surface area contributed by atoms with Crippen LogP contribution >= 0.6 is 23.1 Å². The van der Waals surface area contributed by atoms with Crippen LogP contribution in [0.3, 0.4) is 0 Å². The second-order valence-corrected chi connectivity index (χ2v) is 7.41. The minimum absolute atomic E-state index is 0.0528. The molecule has 2 aromatic heterocycles. The fraction of sp³-hybridized carbons (Fsp3) is 0.211. The molecule has 0 radical (unpaired) electrons. The zero-order valence-electron chi connectivity index (χ0n) is 14.7. The van der Waals surface area contributed by atoms with Crippen LogP contribution in [0.1, 0.15) is 10.4 Å². The highest BCUT2D eigenvalue weighted by Crippen LogP contribution is 2.21. The van der Waals surface area contributed by atoms with Gasteiger partial charge in [-0.2, -0.15) is 0 Å². The maximum Gasteiger partial charge on any atom is 0.337 e. The Hall–Kier alpha value is -2.58. The Labute approximate surface area is 164 Å². The molecule has 3 rings (SSSR count). The van der Waals surface area contributed by atoms with E-state index in [1.54, 1.807) is 41.0 Å². The predicted molar refractivity (Wildman–Crippen MR) is 108 cm³/mol. The summed E-state index contributed by atoms with van der Waals surface area (Å²) < 4.78 is 12.0. The average Bonchev–Trinajstić information content (AvgIpc) is 3.16. The lowest BCUT2D eigenvalue weighted by molar-refractivity contribution is 0.0600. The van der Waals surface area contributed by atoms with Crippen LogP contribution < -0.4 is 10.3 Å². The third-order valence-electron chi connectivity index (χ3n) is 3.72. The molecule has 0 bridgehead atoms. The number of fused-ring (bicyclic) bond motifs is 1. The zero-order chi connectivity index (χ0) is 19.2. The zero-order valence-corrected chi connectivity index (χ0v) is 16.3. The Morgan fingerprint density at radius 3 is 2.81 bits per heavy atom. The van der Waals surface area contributed by atoms with Gasteiger partial charge in [0.2, 0.25) is 0 Å². The van der Waals surface area contributed by atoms with Crippen molar-refractivity contribution >= 4 is 39.3 Å². The van der Waals surface area contributed by atoms with Crippen LogP contribution in [0.4, 0.5) is 0 Å². The van der Waals surface area contributed by atoms with Gasteiger partial charge in [-0.25, -0.2) is 9.78 Å². The first-order valence-corrected chi connectivity index (χ1v) is 10.0. The SMILES string of the molecule is C=CCn1c(SCCOc2ccc(C(=O)OC)cc2)nc2sccc2c1=O. The van der Waals surface area contributed by atoms with Crippen molar-refractivity contribution in [3.63, 3.8) is 0 Å². The number of thiophene rings is 1. The highest BCUT2D eigenvalue weighted by molar-refractivity contribution is 7.99. The molecule has 8 heteroatoms. The Morgan fingerprint density at radius 1 is 1.33 bits per heavy atom. The van der Waals surface area contributed by atoms with Crippen molar-refractivity contribution in [1.82, 2.24) is 9.55 Å². The quantitative estimate of drug-likeness (QED) is 0.188. The predicted octanol–water partition coefficient (Wildman–Crippen LogP) is 3.60. The molecule has 0 spiro atoms. The molecule has 0 saturated heterocycles. The minimum atomic E-state index is -0.382. The van der Waals surface area contributed by atoms with Crippen LogP contribution in [-0.2, 0) is 11.3 Å². The summed E-state index contributed by atoms with van der Waals surface area (Å²) in [6.07, 6.45) is 1.69. The first-order chi connectivity index (χ1) is 13.1. The number of esters is 1. The molecule has 0 N–H and O–H groups in total. The fourth-order valence-corrected chi connectivity index (χ4v) is 4.06. The Kier molecular flexibility index (Phi) is 6.31. The second-order valence-electron chi connectivity index (χ2n) is 5.45. The number of aromatic nitrogens is 2. The molecule has 0 fully saturated rings. The third-order valence-corrected chi connectivity index (χ3v) is 5.47. The summed E-state index contributed by atoms with van der Waals surface area (Å²) in [4.78, 5) is 29.3. The molecule has 0 aliphatic rings. The lowest BCUT2D eigenvalue weighted by atomic mass is 10.2. The molecule has 6 nitrogen and oxygen atoms in total. The molecule has 2 heterocycles. The van der Waals surface area contributed by atoms with Crippen molar-refractivity contribution in [1.29, 1.82) is 0 Å². The highest BCUT2D eigenvalue weighted by Gasteiger charge is 2.11. The van der Waals surface area contributed by atoms with Gasteiger partial charge in [0.25, 0.3) is 5.56 Å². The van der Waals surface area contributed by atoms with Gasteiger partial charge in [-0.05, 0) is 35.7 Å². The first-order valence-electron chi connectivity index (χ1n) is 8.17. The molecule has 140 valence electrons. The van der Waals surface area contributed by atoms with Gasteiger partial charge in [0.05, 0.1) is 24.7 Å². The maximum absolute atomic E-state index is 12.6. The van der Waals surface area contributed by atoms with Gasteiger partial charge in [0, 0.05) is 12.3 Å². The topological polar surface area (TPSA) is 70.4 Å². The summed E-state index contributed by atoms with van der Waals surface area (Å²) in [5, 5.41) is 3.15. The summed E-state index contributed by atoms with van der Waals surface area (Å²) in [6.45, 7) is 4.57. The number of ether oxygens (including phenoxy) is 2. The van der Waals surface area contributed by atoms with Gasteiger partial charge in [0.1, 0.15) is 10.6 Å². The number of benzene rings is 1. The lowest BCUT2D eigenvalue weighted by Gasteiger charge is -2.10. The van der Waals surface area contributed by atoms with Crippen molar-refractivity contribution < 1.29 is 14.3 Å². The first kappa shape index (κ1) is 19.2. The largest absolute Gasteiger partial charge is 0.493 e. The number of methoxy groups -OCH3 is 1. The summed E-state index contributed by atoms with van der Waals surface area (Å²) in [6, 6.07) is 8.55. The maximum atomic E-state index is 12.6. The van der Waals surface area contributed by atoms with E-state index in [0.29, 0.717) is 40.8 Å². The Morgan fingerprint density at radius 2 is 2.11 bits per heavy atom. The van der Waals surface area contributed by atoms with Gasteiger partial charge >= 0.3 is 5.97 Å². The van der Waals surface area contributed by atoms with Crippen molar-refractivity contribution in [2.24, 2.45) is 0 Å². The van der Waals surface area contributed by atoms with E-state index < -0.39 is 0 Å². The molecule has 0 amide bonds. The molecule has 1 aromatic carbocycles. The van der Waals surface area contributed by atoms with Crippen molar-refractivity contribution in [3.8, 4) is 5.75 Å². The van der Waals surface area contributed by atoms with Crippen LogP contribution in [0.25, 0.3) is 10.2 Å². The van der Waals surface area contributed by atoms with E-state index >= 15 is 0 Å². The number of rotatable bonds is 8. The molecule has 0 aliphatic carbocycles. The van der Waals surface area contributed by atoms with E-state index in [1.807, 2.05) is 5.38 Å². The fourth-order valence-electron chi connectivity index (χ4n) is 2.43. The monoisotopic (exact) mass is 402 g/mol. The van der Waals surface area contributed by atoms with Crippen LogP contribution in [-0.4, -0.2) is 35.0 Å². The molecule has 0 unspecified atom stereocenters. The smallest absolute Gasteiger partial charge is 0.337 e. The lowest BCUT2D eigenvalue weighted by Crippen LogP contribution is -2.22. The van der Waals surface area contributed by atoms with E-state index in [9.17, 15) is 9.59 Å². The number of thioether (sulfide) groups is 1. The third kappa shape index (κ3) is 4.40. The second kappa shape index (κ2) is 8.88. The molecule has 3 aromatic rings. The summed E-state index contributed by atoms with van der Waals surface area (Å²) in [7, 11) is 1.34. The standard InChI is InChI=1S/C19H18N2O4S2/c1-3-9-21-17(22)15-8-11-26-16(15)20-19(21)27-12-10-25-14-6-4-13(5-7-14)18(23)24-2/h3-8,11H,1,9-10,12H2,2H3.